The van der Waals surface area contributed by atoms with E-state index in [1.54, 1.807) is 13.2 Å². The number of ether oxygens (including phenoxy) is 1. The van der Waals surface area contributed by atoms with E-state index in [-0.39, 0.29) is 5.75 Å². The molecule has 0 saturated heterocycles. The van der Waals surface area contributed by atoms with E-state index in [2.05, 4.69) is 61.1 Å². The van der Waals surface area contributed by atoms with Crippen LogP contribution in [0.25, 0.3) is 0 Å². The van der Waals surface area contributed by atoms with Crippen LogP contribution in [0.4, 0.5) is 0 Å². The van der Waals surface area contributed by atoms with E-state index < -0.39 is 8.07 Å². The summed E-state index contributed by atoms with van der Waals surface area (Å²) in [6.07, 6.45) is 0. The molecule has 2 nitrogen and oxygen atoms in total. The van der Waals surface area contributed by atoms with Crippen LogP contribution in [0.3, 0.4) is 0 Å². The van der Waals surface area contributed by atoms with Crippen molar-refractivity contribution in [1.29, 1.82) is 0 Å². The third-order valence-electron chi connectivity index (χ3n) is 4.44. The Morgan fingerprint density at radius 3 is 1.74 bits per heavy atom. The number of aromatic hydroxyl groups is 1. The Labute approximate surface area is 138 Å². The van der Waals surface area contributed by atoms with Crippen molar-refractivity contribution in [2.75, 3.05) is 7.11 Å². The highest BCUT2D eigenvalue weighted by molar-refractivity contribution is 7.11. The molecule has 0 spiro atoms. The normalized spacial score (nSPS) is 11.2. The van der Waals surface area contributed by atoms with E-state index in [0.717, 1.165) is 5.19 Å². The molecule has 0 aromatic heterocycles. The number of benzene rings is 3. The molecule has 3 heteroatoms. The summed E-state index contributed by atoms with van der Waals surface area (Å²) in [4.78, 5) is 0. The fraction of sp³-hybridized carbons (Fsp3) is 0.100. The Kier molecular flexibility index (Phi) is 4.21. The van der Waals surface area contributed by atoms with Crippen molar-refractivity contribution in [3.63, 3.8) is 0 Å². The van der Waals surface area contributed by atoms with Crippen LogP contribution < -0.4 is 20.3 Å². The first-order chi connectivity index (χ1) is 11.2. The summed E-state index contributed by atoms with van der Waals surface area (Å²) in [5.41, 5.74) is 0. The van der Waals surface area contributed by atoms with Crippen molar-refractivity contribution in [3.8, 4) is 11.5 Å². The van der Waals surface area contributed by atoms with Crippen molar-refractivity contribution in [3.05, 3.63) is 78.9 Å². The molecule has 23 heavy (non-hydrogen) atoms. The summed E-state index contributed by atoms with van der Waals surface area (Å²) in [6, 6.07) is 26.7. The number of hydrogen-bond donors (Lipinski definition) is 1. The largest absolute Gasteiger partial charge is 0.504 e. The molecule has 0 unspecified atom stereocenters. The fourth-order valence-electron chi connectivity index (χ4n) is 3.15. The third kappa shape index (κ3) is 2.64. The lowest BCUT2D eigenvalue weighted by Gasteiger charge is -2.31. The van der Waals surface area contributed by atoms with Crippen LogP contribution in [-0.4, -0.2) is 20.3 Å². The van der Waals surface area contributed by atoms with Gasteiger partial charge in [0.2, 0.25) is 0 Å². The molecule has 0 aliphatic rings. The minimum absolute atomic E-state index is 0.190. The van der Waals surface area contributed by atoms with Gasteiger partial charge in [0.25, 0.3) is 0 Å². The monoisotopic (exact) mass is 320 g/mol. The van der Waals surface area contributed by atoms with E-state index in [1.165, 1.54) is 10.4 Å². The second-order valence-corrected chi connectivity index (χ2v) is 9.66. The topological polar surface area (TPSA) is 29.5 Å². The van der Waals surface area contributed by atoms with Gasteiger partial charge in [-0.15, -0.1) is 0 Å². The SMILES string of the molecule is COc1c(O)cccc1[Si](C)(c1ccccc1)c1ccccc1. The van der Waals surface area contributed by atoms with E-state index in [0.29, 0.717) is 5.75 Å². The molecule has 0 aliphatic heterocycles. The first kappa shape index (κ1) is 15.4. The zero-order chi connectivity index (χ0) is 16.3. The smallest absolute Gasteiger partial charge is 0.160 e. The van der Waals surface area contributed by atoms with Gasteiger partial charge in [-0.3, -0.25) is 0 Å². The molecule has 116 valence electrons. The lowest BCUT2D eigenvalue weighted by atomic mass is 10.3. The molecule has 0 atom stereocenters. The molecule has 3 aromatic carbocycles. The number of rotatable bonds is 4. The van der Waals surface area contributed by atoms with Gasteiger partial charge < -0.3 is 9.84 Å². The van der Waals surface area contributed by atoms with E-state index >= 15 is 0 Å². The molecular weight excluding hydrogens is 300 g/mol. The highest BCUT2D eigenvalue weighted by Crippen LogP contribution is 2.25. The summed E-state index contributed by atoms with van der Waals surface area (Å²) in [6.45, 7) is 2.30. The minimum atomic E-state index is -2.26. The van der Waals surface area contributed by atoms with Gasteiger partial charge in [0, 0.05) is 0 Å². The number of hydrogen-bond acceptors (Lipinski definition) is 2. The molecule has 0 saturated carbocycles. The van der Waals surface area contributed by atoms with E-state index in [1.807, 2.05) is 18.2 Å². The highest BCUT2D eigenvalue weighted by Gasteiger charge is 2.37. The van der Waals surface area contributed by atoms with Crippen LogP contribution in [0.5, 0.6) is 11.5 Å². The number of methoxy groups -OCH3 is 1. The van der Waals surface area contributed by atoms with Crippen LogP contribution in [-0.2, 0) is 0 Å². The molecular formula is C20H20O2Si. The Bertz CT molecular complexity index is 746. The minimum Gasteiger partial charge on any atom is -0.504 e. The standard InChI is InChI=1S/C20H20O2Si/c1-22-20-18(21)14-9-15-19(20)23(2,16-10-5-3-6-11-16)17-12-7-4-8-13-17/h3-15,21H,1-2H3. The Hall–Kier alpha value is -2.52. The molecule has 3 rings (SSSR count). The molecule has 0 heterocycles. The van der Waals surface area contributed by atoms with Gasteiger partial charge in [0.05, 0.1) is 7.11 Å². The maximum Gasteiger partial charge on any atom is 0.160 e. The maximum absolute atomic E-state index is 10.2. The van der Waals surface area contributed by atoms with E-state index in [4.69, 9.17) is 4.74 Å². The zero-order valence-corrected chi connectivity index (χ0v) is 14.4. The fourth-order valence-corrected chi connectivity index (χ4v) is 6.94. The summed E-state index contributed by atoms with van der Waals surface area (Å²) >= 11 is 0. The summed E-state index contributed by atoms with van der Waals surface area (Å²) in [5, 5.41) is 13.9. The van der Waals surface area contributed by atoms with Gasteiger partial charge >= 0.3 is 0 Å². The highest BCUT2D eigenvalue weighted by atomic mass is 28.3. The van der Waals surface area contributed by atoms with Gasteiger partial charge in [-0.25, -0.2) is 0 Å². The van der Waals surface area contributed by atoms with Crippen molar-refractivity contribution in [2.45, 2.75) is 6.55 Å². The molecule has 0 bridgehead atoms. The molecule has 0 aliphatic carbocycles. The average Bonchev–Trinajstić information content (AvgIpc) is 2.62. The first-order valence-corrected chi connectivity index (χ1v) is 10.2. The molecule has 0 fully saturated rings. The van der Waals surface area contributed by atoms with Crippen LogP contribution in [0.1, 0.15) is 0 Å². The number of phenolic OH excluding ortho intramolecular Hbond substituents is 1. The van der Waals surface area contributed by atoms with E-state index in [9.17, 15) is 5.11 Å². The maximum atomic E-state index is 10.2. The quantitative estimate of drug-likeness (QED) is 0.591. The number of phenols is 1. The molecule has 1 N–H and O–H groups in total. The summed E-state index contributed by atoms with van der Waals surface area (Å²) in [5.74, 6) is 0.768. The Morgan fingerprint density at radius 1 is 0.739 bits per heavy atom. The lowest BCUT2D eigenvalue weighted by molar-refractivity contribution is 0.376. The van der Waals surface area contributed by atoms with Gasteiger partial charge in [0.15, 0.2) is 11.5 Å². The van der Waals surface area contributed by atoms with Crippen molar-refractivity contribution < 1.29 is 9.84 Å². The van der Waals surface area contributed by atoms with Crippen molar-refractivity contribution in [2.24, 2.45) is 0 Å². The summed E-state index contributed by atoms with van der Waals surface area (Å²) < 4.78 is 5.55. The average molecular weight is 320 g/mol. The molecule has 0 amide bonds. The summed E-state index contributed by atoms with van der Waals surface area (Å²) in [7, 11) is -0.645. The number of para-hydroxylation sites is 1. The van der Waals surface area contributed by atoms with Gasteiger partial charge in [-0.1, -0.05) is 79.3 Å². The van der Waals surface area contributed by atoms with Crippen LogP contribution in [0.15, 0.2) is 78.9 Å². The van der Waals surface area contributed by atoms with Gasteiger partial charge in [-0.2, -0.15) is 0 Å². The van der Waals surface area contributed by atoms with Crippen LogP contribution >= 0.6 is 0 Å². The van der Waals surface area contributed by atoms with Crippen LogP contribution in [0, 0.1) is 0 Å². The predicted molar refractivity (Wildman–Crippen MR) is 98.1 cm³/mol. The van der Waals surface area contributed by atoms with Crippen molar-refractivity contribution in [1.82, 2.24) is 0 Å². The predicted octanol–water partition coefficient (Wildman–Crippen LogP) is 2.50. The Balaban J connectivity index is 2.32. The zero-order valence-electron chi connectivity index (χ0n) is 13.4. The lowest BCUT2D eigenvalue weighted by Crippen LogP contribution is -2.64. The Morgan fingerprint density at radius 2 is 1.26 bits per heavy atom. The molecule has 0 radical (unpaired) electrons. The third-order valence-corrected chi connectivity index (χ3v) is 8.89. The second-order valence-electron chi connectivity index (χ2n) is 5.71. The van der Waals surface area contributed by atoms with Crippen molar-refractivity contribution >= 4 is 23.6 Å². The van der Waals surface area contributed by atoms with Gasteiger partial charge in [0.1, 0.15) is 8.07 Å². The molecule has 3 aromatic rings. The second kappa shape index (κ2) is 6.30. The first-order valence-electron chi connectivity index (χ1n) is 7.65. The van der Waals surface area contributed by atoms with Gasteiger partial charge in [-0.05, 0) is 21.6 Å². The van der Waals surface area contributed by atoms with Crippen LogP contribution in [0.2, 0.25) is 6.55 Å².